The minimum absolute atomic E-state index is 0.156. The van der Waals surface area contributed by atoms with E-state index in [1.807, 2.05) is 0 Å². The van der Waals surface area contributed by atoms with Gasteiger partial charge in [-0.1, -0.05) is 22.0 Å². The van der Waals surface area contributed by atoms with Crippen molar-refractivity contribution >= 4 is 34.1 Å². The number of halogens is 1. The molecular formula is C14H11BrN2O3. The van der Waals surface area contributed by atoms with Crippen LogP contribution in [-0.2, 0) is 4.74 Å². The van der Waals surface area contributed by atoms with Crippen molar-refractivity contribution in [3.05, 3.63) is 52.0 Å². The molecule has 0 saturated heterocycles. The zero-order valence-corrected chi connectivity index (χ0v) is 12.2. The lowest BCUT2D eigenvalue weighted by Gasteiger charge is -2.02. The lowest BCUT2D eigenvalue weighted by molar-refractivity contribution is 0.0599. The summed E-state index contributed by atoms with van der Waals surface area (Å²) in [5.74, 6) is -0.344. The first-order chi connectivity index (χ1) is 9.61. The number of phenols is 1. The molecule has 20 heavy (non-hydrogen) atoms. The molecule has 0 atom stereocenters. The molecule has 0 unspecified atom stereocenters. The molecule has 0 saturated carbocycles. The van der Waals surface area contributed by atoms with E-state index in [4.69, 9.17) is 0 Å². The van der Waals surface area contributed by atoms with Crippen LogP contribution in [0.3, 0.4) is 0 Å². The third-order valence-electron chi connectivity index (χ3n) is 2.55. The Morgan fingerprint density at radius 3 is 2.95 bits per heavy atom. The fourth-order valence-corrected chi connectivity index (χ4v) is 1.95. The van der Waals surface area contributed by atoms with Crippen molar-refractivity contribution in [2.24, 2.45) is 0 Å². The fraction of sp³-hybridized carbons (Fsp3) is 0.0714. The molecule has 5 nitrogen and oxygen atoms in total. The topological polar surface area (TPSA) is 72.3 Å². The van der Waals surface area contributed by atoms with Crippen molar-refractivity contribution in [3.8, 4) is 5.75 Å². The molecule has 0 aliphatic rings. The molecule has 1 heterocycles. The number of methoxy groups -OCH3 is 1. The van der Waals surface area contributed by atoms with E-state index in [1.165, 1.54) is 19.6 Å². The average Bonchev–Trinajstić information content (AvgIpc) is 2.47. The quantitative estimate of drug-likeness (QED) is 0.873. The predicted molar refractivity (Wildman–Crippen MR) is 78.1 cm³/mol. The summed E-state index contributed by atoms with van der Waals surface area (Å²) in [6, 6.07) is 4.90. The van der Waals surface area contributed by atoms with Crippen LogP contribution in [0.15, 0.2) is 35.2 Å². The Kier molecular flexibility index (Phi) is 4.47. The van der Waals surface area contributed by atoms with Gasteiger partial charge in [-0.25, -0.2) is 14.8 Å². The van der Waals surface area contributed by atoms with E-state index < -0.39 is 5.97 Å². The molecule has 0 bridgehead atoms. The highest BCUT2D eigenvalue weighted by Gasteiger charge is 2.11. The molecule has 0 aliphatic heterocycles. The first kappa shape index (κ1) is 14.2. The first-order valence-electron chi connectivity index (χ1n) is 5.66. The molecule has 0 fully saturated rings. The Labute approximate surface area is 124 Å². The van der Waals surface area contributed by atoms with Gasteiger partial charge in [0.15, 0.2) is 0 Å². The summed E-state index contributed by atoms with van der Waals surface area (Å²) in [5.41, 5.74) is 1.49. The third kappa shape index (κ3) is 3.21. The van der Waals surface area contributed by atoms with Gasteiger partial charge in [-0.3, -0.25) is 0 Å². The Bertz CT molecular complexity index is 671. The number of esters is 1. The standard InChI is InChI=1S/C14H11BrN2O3/c1-20-14(19)11-7-16-8-17-13(11)5-2-9-6-10(18)3-4-12(9)15/h2-8,18H,1H3. The minimum atomic E-state index is -0.500. The second-order valence-corrected chi connectivity index (χ2v) is 4.71. The number of ether oxygens (including phenoxy) is 1. The zero-order valence-electron chi connectivity index (χ0n) is 10.6. The Morgan fingerprint density at radius 1 is 1.40 bits per heavy atom. The normalized spacial score (nSPS) is 10.7. The van der Waals surface area contributed by atoms with Gasteiger partial charge < -0.3 is 9.84 Å². The van der Waals surface area contributed by atoms with Crippen LogP contribution in [0.1, 0.15) is 21.6 Å². The number of rotatable bonds is 3. The van der Waals surface area contributed by atoms with E-state index in [0.29, 0.717) is 5.69 Å². The maximum Gasteiger partial charge on any atom is 0.341 e. The molecule has 1 N–H and O–H groups in total. The molecular weight excluding hydrogens is 324 g/mol. The summed E-state index contributed by atoms with van der Waals surface area (Å²) in [7, 11) is 1.30. The van der Waals surface area contributed by atoms with Crippen LogP contribution < -0.4 is 0 Å². The molecule has 1 aromatic heterocycles. The number of carbonyl (C=O) groups excluding carboxylic acids is 1. The van der Waals surface area contributed by atoms with Crippen LogP contribution >= 0.6 is 15.9 Å². The minimum Gasteiger partial charge on any atom is -0.508 e. The number of nitrogens with zero attached hydrogens (tertiary/aromatic N) is 2. The van der Waals surface area contributed by atoms with Crippen molar-refractivity contribution in [1.29, 1.82) is 0 Å². The van der Waals surface area contributed by atoms with Gasteiger partial charge in [0.05, 0.1) is 12.8 Å². The number of benzene rings is 1. The molecule has 0 spiro atoms. The van der Waals surface area contributed by atoms with Gasteiger partial charge in [-0.15, -0.1) is 0 Å². The molecule has 2 rings (SSSR count). The molecule has 0 radical (unpaired) electrons. The van der Waals surface area contributed by atoms with Crippen LogP contribution in [0, 0.1) is 0 Å². The summed E-state index contributed by atoms with van der Waals surface area (Å²) < 4.78 is 5.49. The number of hydrogen-bond acceptors (Lipinski definition) is 5. The predicted octanol–water partition coefficient (Wildman–Crippen LogP) is 2.90. The monoisotopic (exact) mass is 334 g/mol. The highest BCUT2D eigenvalue weighted by molar-refractivity contribution is 9.10. The summed E-state index contributed by atoms with van der Waals surface area (Å²) >= 11 is 3.38. The van der Waals surface area contributed by atoms with Crippen LogP contribution in [0.25, 0.3) is 12.2 Å². The summed E-state index contributed by atoms with van der Waals surface area (Å²) in [6.45, 7) is 0. The van der Waals surface area contributed by atoms with Crippen LogP contribution in [-0.4, -0.2) is 28.2 Å². The Balaban J connectivity index is 2.37. The third-order valence-corrected chi connectivity index (χ3v) is 3.27. The molecule has 0 amide bonds. The van der Waals surface area contributed by atoms with Crippen LogP contribution in [0.4, 0.5) is 0 Å². The number of aromatic nitrogens is 2. The van der Waals surface area contributed by atoms with Gasteiger partial charge in [0.1, 0.15) is 17.6 Å². The van der Waals surface area contributed by atoms with E-state index in [0.717, 1.165) is 10.0 Å². The molecule has 2 aromatic rings. The first-order valence-corrected chi connectivity index (χ1v) is 6.46. The zero-order chi connectivity index (χ0) is 14.5. The van der Waals surface area contributed by atoms with Gasteiger partial charge >= 0.3 is 5.97 Å². The lowest BCUT2D eigenvalue weighted by atomic mass is 10.1. The largest absolute Gasteiger partial charge is 0.508 e. The van der Waals surface area contributed by atoms with E-state index in [2.05, 4.69) is 30.6 Å². The highest BCUT2D eigenvalue weighted by Crippen LogP contribution is 2.23. The average molecular weight is 335 g/mol. The van der Waals surface area contributed by atoms with E-state index in [1.54, 1.807) is 30.4 Å². The van der Waals surface area contributed by atoms with Gasteiger partial charge in [-0.2, -0.15) is 0 Å². The summed E-state index contributed by atoms with van der Waals surface area (Å²) in [5, 5.41) is 9.46. The van der Waals surface area contributed by atoms with E-state index >= 15 is 0 Å². The Hall–Kier alpha value is -2.21. The Morgan fingerprint density at radius 2 is 2.20 bits per heavy atom. The second kappa shape index (κ2) is 6.29. The van der Waals surface area contributed by atoms with Gasteiger partial charge in [0.25, 0.3) is 0 Å². The number of aromatic hydroxyl groups is 1. The molecule has 102 valence electrons. The smallest absolute Gasteiger partial charge is 0.341 e. The summed E-state index contributed by atoms with van der Waals surface area (Å²) in [6.07, 6.45) is 6.14. The number of phenolic OH excluding ortho intramolecular Hbond substituents is 1. The summed E-state index contributed by atoms with van der Waals surface area (Å²) in [4.78, 5) is 19.4. The van der Waals surface area contributed by atoms with E-state index in [-0.39, 0.29) is 11.3 Å². The van der Waals surface area contributed by atoms with Crippen molar-refractivity contribution in [2.75, 3.05) is 7.11 Å². The van der Waals surface area contributed by atoms with Crippen molar-refractivity contribution < 1.29 is 14.6 Å². The van der Waals surface area contributed by atoms with Crippen LogP contribution in [0.2, 0.25) is 0 Å². The van der Waals surface area contributed by atoms with Gasteiger partial charge in [0, 0.05) is 10.7 Å². The SMILES string of the molecule is COC(=O)c1cncnc1C=Cc1cc(O)ccc1Br. The van der Waals surface area contributed by atoms with E-state index in [9.17, 15) is 9.90 Å². The molecule has 0 aliphatic carbocycles. The maximum atomic E-state index is 11.6. The van der Waals surface area contributed by atoms with Gasteiger partial charge in [0.2, 0.25) is 0 Å². The lowest BCUT2D eigenvalue weighted by Crippen LogP contribution is -2.05. The highest BCUT2D eigenvalue weighted by atomic mass is 79.9. The number of carbonyl (C=O) groups is 1. The van der Waals surface area contributed by atoms with Crippen molar-refractivity contribution in [2.45, 2.75) is 0 Å². The van der Waals surface area contributed by atoms with Crippen molar-refractivity contribution in [1.82, 2.24) is 9.97 Å². The maximum absolute atomic E-state index is 11.6. The molecule has 6 heteroatoms. The number of hydrogen-bond donors (Lipinski definition) is 1. The second-order valence-electron chi connectivity index (χ2n) is 3.85. The van der Waals surface area contributed by atoms with Crippen LogP contribution in [0.5, 0.6) is 5.75 Å². The fourth-order valence-electron chi connectivity index (χ4n) is 1.57. The van der Waals surface area contributed by atoms with Gasteiger partial charge in [-0.05, 0) is 29.8 Å². The van der Waals surface area contributed by atoms with Crippen molar-refractivity contribution in [3.63, 3.8) is 0 Å². The molecule has 1 aromatic carbocycles.